The second-order valence-electron chi connectivity index (χ2n) is 14.4. The Morgan fingerprint density at radius 3 is 1.49 bits per heavy atom. The zero-order valence-corrected chi connectivity index (χ0v) is 30.6. The van der Waals surface area contributed by atoms with E-state index in [1.54, 1.807) is 0 Å². The molecular formula is C49H35N3Si. The average molecular weight is 694 g/mol. The van der Waals surface area contributed by atoms with Crippen molar-refractivity contribution in [2.24, 2.45) is 0 Å². The molecule has 10 rings (SSSR count). The number of nitrogens with zero attached hydrogens (tertiary/aromatic N) is 3. The standard InChI is InChI=1S/C49H35N3Si/c1-53(2)43-27-14-13-22-37(43)42-31-35(28-29-44(42)53)45-38-23-9-11-25-40(38)46(41-26-12-10-24-39(41)45)49-51-47(33-18-7-4-8-19-33)50-48(52-49)36-21-15-20-34(30-36)32-16-5-3-6-17-32/h3-31H,1-2H3. The zero-order valence-electron chi connectivity index (χ0n) is 29.6. The third-order valence-corrected chi connectivity index (χ3v) is 14.5. The van der Waals surface area contributed by atoms with Gasteiger partial charge in [0.05, 0.1) is 0 Å². The predicted molar refractivity (Wildman–Crippen MR) is 224 cm³/mol. The number of fused-ring (bicyclic) bond motifs is 5. The summed E-state index contributed by atoms with van der Waals surface area (Å²) in [5, 5.41) is 7.62. The molecule has 1 aromatic heterocycles. The Morgan fingerprint density at radius 1 is 0.321 bits per heavy atom. The van der Waals surface area contributed by atoms with E-state index in [9.17, 15) is 0 Å². The van der Waals surface area contributed by atoms with Gasteiger partial charge in [0.15, 0.2) is 17.5 Å². The molecule has 0 saturated heterocycles. The number of aromatic nitrogens is 3. The van der Waals surface area contributed by atoms with E-state index in [0.717, 1.165) is 38.6 Å². The third-order valence-electron chi connectivity index (χ3n) is 10.9. The molecule has 3 nitrogen and oxygen atoms in total. The van der Waals surface area contributed by atoms with Gasteiger partial charge in [-0.15, -0.1) is 0 Å². The lowest BCUT2D eigenvalue weighted by molar-refractivity contribution is 1.08. The second-order valence-corrected chi connectivity index (χ2v) is 18.7. The normalized spacial score (nSPS) is 12.9. The van der Waals surface area contributed by atoms with E-state index in [4.69, 9.17) is 15.0 Å². The molecule has 4 heteroatoms. The van der Waals surface area contributed by atoms with Crippen molar-refractivity contribution in [3.63, 3.8) is 0 Å². The smallest absolute Gasteiger partial charge is 0.165 e. The maximum Gasteiger partial charge on any atom is 0.165 e. The van der Waals surface area contributed by atoms with Crippen LogP contribution in [0.2, 0.25) is 13.1 Å². The van der Waals surface area contributed by atoms with Crippen LogP contribution in [0, 0.1) is 0 Å². The van der Waals surface area contributed by atoms with Crippen LogP contribution < -0.4 is 10.4 Å². The van der Waals surface area contributed by atoms with Crippen LogP contribution in [0.15, 0.2) is 176 Å². The van der Waals surface area contributed by atoms with Crippen LogP contribution in [0.3, 0.4) is 0 Å². The van der Waals surface area contributed by atoms with Gasteiger partial charge in [-0.3, -0.25) is 0 Å². The number of hydrogen-bond acceptors (Lipinski definition) is 3. The number of rotatable bonds is 5. The summed E-state index contributed by atoms with van der Waals surface area (Å²) in [6, 6.07) is 62.9. The van der Waals surface area contributed by atoms with Gasteiger partial charge in [-0.1, -0.05) is 177 Å². The topological polar surface area (TPSA) is 38.7 Å². The molecule has 0 atom stereocenters. The number of benzene rings is 8. The summed E-state index contributed by atoms with van der Waals surface area (Å²) in [5.41, 5.74) is 10.4. The van der Waals surface area contributed by atoms with Crippen LogP contribution in [0.4, 0.5) is 0 Å². The fraction of sp³-hybridized carbons (Fsp3) is 0.0408. The van der Waals surface area contributed by atoms with E-state index in [-0.39, 0.29) is 0 Å². The van der Waals surface area contributed by atoms with Crippen LogP contribution >= 0.6 is 0 Å². The highest BCUT2D eigenvalue weighted by Crippen LogP contribution is 2.44. The summed E-state index contributed by atoms with van der Waals surface area (Å²) in [7, 11) is -1.78. The highest BCUT2D eigenvalue weighted by molar-refractivity contribution is 7.03. The van der Waals surface area contributed by atoms with Crippen LogP contribution in [0.5, 0.6) is 0 Å². The van der Waals surface area contributed by atoms with Crippen molar-refractivity contribution in [1.82, 2.24) is 15.0 Å². The second kappa shape index (κ2) is 12.3. The van der Waals surface area contributed by atoms with Gasteiger partial charge in [0.25, 0.3) is 0 Å². The van der Waals surface area contributed by atoms with Gasteiger partial charge >= 0.3 is 0 Å². The zero-order chi connectivity index (χ0) is 35.5. The molecule has 0 radical (unpaired) electrons. The number of hydrogen-bond donors (Lipinski definition) is 0. The first kappa shape index (κ1) is 31.3. The van der Waals surface area contributed by atoms with E-state index >= 15 is 0 Å². The molecule has 0 unspecified atom stereocenters. The van der Waals surface area contributed by atoms with Crippen LogP contribution in [0.1, 0.15) is 0 Å². The molecule has 0 spiro atoms. The van der Waals surface area contributed by atoms with Crippen LogP contribution in [0.25, 0.3) is 89.1 Å². The summed E-state index contributed by atoms with van der Waals surface area (Å²) < 4.78 is 0. The van der Waals surface area contributed by atoms with Gasteiger partial charge in [0, 0.05) is 16.7 Å². The SMILES string of the molecule is C[Si]1(C)c2ccccc2-c2cc(-c3c4ccccc4c(-c4nc(-c5ccccc5)nc(-c5cccc(-c6ccccc6)c5)n4)c4ccccc34)ccc21. The molecule has 0 N–H and O–H groups in total. The fourth-order valence-electron chi connectivity index (χ4n) is 8.36. The van der Waals surface area contributed by atoms with Crippen molar-refractivity contribution in [3.05, 3.63) is 176 Å². The molecule has 1 aliphatic rings. The van der Waals surface area contributed by atoms with Gasteiger partial charge in [-0.2, -0.15) is 0 Å². The molecule has 9 aromatic rings. The first-order valence-corrected chi connectivity index (χ1v) is 21.2. The largest absolute Gasteiger partial charge is 0.208 e. The third kappa shape index (κ3) is 5.14. The molecule has 0 bridgehead atoms. The monoisotopic (exact) mass is 693 g/mol. The van der Waals surface area contributed by atoms with Gasteiger partial charge in [-0.25, -0.2) is 15.0 Å². The minimum absolute atomic E-state index is 0.646. The van der Waals surface area contributed by atoms with E-state index in [1.165, 1.54) is 43.4 Å². The minimum atomic E-state index is -1.78. The van der Waals surface area contributed by atoms with Crippen molar-refractivity contribution in [2.45, 2.75) is 13.1 Å². The molecule has 0 aliphatic carbocycles. The lowest BCUT2D eigenvalue weighted by atomic mass is 9.87. The van der Waals surface area contributed by atoms with Gasteiger partial charge in [0.2, 0.25) is 0 Å². The maximum absolute atomic E-state index is 5.31. The Bertz CT molecular complexity index is 2810. The first-order valence-electron chi connectivity index (χ1n) is 18.2. The Hall–Kier alpha value is -6.49. The Labute approximate surface area is 310 Å². The summed E-state index contributed by atoms with van der Waals surface area (Å²) in [5.74, 6) is 1.96. The van der Waals surface area contributed by atoms with E-state index < -0.39 is 8.07 Å². The van der Waals surface area contributed by atoms with E-state index in [2.05, 4.69) is 165 Å². The molecule has 53 heavy (non-hydrogen) atoms. The molecule has 0 saturated carbocycles. The average Bonchev–Trinajstić information content (AvgIpc) is 3.45. The van der Waals surface area contributed by atoms with Crippen molar-refractivity contribution in [1.29, 1.82) is 0 Å². The molecular weight excluding hydrogens is 659 g/mol. The van der Waals surface area contributed by atoms with E-state index in [1.807, 2.05) is 24.3 Å². The van der Waals surface area contributed by atoms with Crippen molar-refractivity contribution < 1.29 is 0 Å². The molecule has 1 aliphatic heterocycles. The van der Waals surface area contributed by atoms with Gasteiger partial charge in [-0.05, 0) is 77.4 Å². The van der Waals surface area contributed by atoms with Gasteiger partial charge in [0.1, 0.15) is 8.07 Å². The lowest BCUT2D eigenvalue weighted by Crippen LogP contribution is -2.49. The van der Waals surface area contributed by atoms with E-state index in [0.29, 0.717) is 17.5 Å². The first-order chi connectivity index (χ1) is 26.0. The predicted octanol–water partition coefficient (Wildman–Crippen LogP) is 11.3. The Morgan fingerprint density at radius 2 is 0.811 bits per heavy atom. The summed E-state index contributed by atoms with van der Waals surface area (Å²) in [6.07, 6.45) is 0. The Kier molecular flexibility index (Phi) is 7.27. The van der Waals surface area contributed by atoms with Crippen LogP contribution in [-0.4, -0.2) is 23.0 Å². The molecule has 2 heterocycles. The minimum Gasteiger partial charge on any atom is -0.208 e. The molecule has 0 amide bonds. The Balaban J connectivity index is 1.23. The molecule has 0 fully saturated rings. The molecule has 250 valence electrons. The van der Waals surface area contributed by atoms with Crippen molar-refractivity contribution in [3.8, 4) is 67.5 Å². The lowest BCUT2D eigenvalue weighted by Gasteiger charge is -2.20. The van der Waals surface area contributed by atoms with Crippen molar-refractivity contribution in [2.75, 3.05) is 0 Å². The quantitative estimate of drug-likeness (QED) is 0.133. The fourth-order valence-corrected chi connectivity index (χ4v) is 11.4. The summed E-state index contributed by atoms with van der Waals surface area (Å²) in [6.45, 7) is 4.95. The summed E-state index contributed by atoms with van der Waals surface area (Å²) in [4.78, 5) is 15.7. The maximum atomic E-state index is 5.31. The highest BCUT2D eigenvalue weighted by atomic mass is 28.3. The highest BCUT2D eigenvalue weighted by Gasteiger charge is 2.37. The van der Waals surface area contributed by atoms with Gasteiger partial charge < -0.3 is 0 Å². The van der Waals surface area contributed by atoms with Crippen LogP contribution in [-0.2, 0) is 0 Å². The molecule has 8 aromatic carbocycles. The summed E-state index contributed by atoms with van der Waals surface area (Å²) >= 11 is 0. The van der Waals surface area contributed by atoms with Crippen molar-refractivity contribution >= 4 is 40.0 Å².